The van der Waals surface area contributed by atoms with Crippen molar-refractivity contribution >= 4 is 17.2 Å². The number of rotatable bonds is 4. The molecule has 2 unspecified atom stereocenters. The minimum absolute atomic E-state index is 0.0867. The van der Waals surface area contributed by atoms with Crippen LogP contribution in [-0.4, -0.2) is 42.6 Å². The molecule has 0 aliphatic carbocycles. The summed E-state index contributed by atoms with van der Waals surface area (Å²) in [5.41, 5.74) is 0. The van der Waals surface area contributed by atoms with Gasteiger partial charge in [-0.15, -0.1) is 11.3 Å². The molecule has 1 aromatic rings. The predicted molar refractivity (Wildman–Crippen MR) is 72.6 cm³/mol. The summed E-state index contributed by atoms with van der Waals surface area (Å²) < 4.78 is 5.49. The molecule has 100 valence electrons. The molecule has 0 saturated carbocycles. The van der Waals surface area contributed by atoms with Gasteiger partial charge in [0, 0.05) is 18.0 Å². The number of ether oxygens (including phenoxy) is 1. The molecular formula is C13H20N2O2S. The van der Waals surface area contributed by atoms with Gasteiger partial charge >= 0.3 is 0 Å². The molecule has 0 bridgehead atoms. The molecule has 1 amide bonds. The second-order valence-electron chi connectivity index (χ2n) is 4.65. The van der Waals surface area contributed by atoms with Crippen molar-refractivity contribution in [2.24, 2.45) is 0 Å². The van der Waals surface area contributed by atoms with E-state index in [1.54, 1.807) is 11.3 Å². The first-order chi connectivity index (χ1) is 8.66. The van der Waals surface area contributed by atoms with E-state index in [-0.39, 0.29) is 18.1 Å². The molecule has 4 nitrogen and oxygen atoms in total. The summed E-state index contributed by atoms with van der Waals surface area (Å²) in [6, 6.07) is 3.95. The lowest BCUT2D eigenvalue weighted by atomic mass is 10.2. The number of amides is 1. The Morgan fingerprint density at radius 3 is 3.22 bits per heavy atom. The van der Waals surface area contributed by atoms with Gasteiger partial charge in [-0.3, -0.25) is 9.69 Å². The van der Waals surface area contributed by atoms with Crippen LogP contribution in [0.2, 0.25) is 0 Å². The van der Waals surface area contributed by atoms with Crippen LogP contribution < -0.4 is 5.32 Å². The van der Waals surface area contributed by atoms with Crippen molar-refractivity contribution in [1.82, 2.24) is 10.2 Å². The maximum absolute atomic E-state index is 12.1. The molecular weight excluding hydrogens is 248 g/mol. The molecule has 1 fully saturated rings. The fraction of sp³-hybridized carbons (Fsp3) is 0.615. The van der Waals surface area contributed by atoms with Gasteiger partial charge in [0.2, 0.25) is 5.91 Å². The molecule has 5 heteroatoms. The van der Waals surface area contributed by atoms with Crippen molar-refractivity contribution in [3.63, 3.8) is 0 Å². The van der Waals surface area contributed by atoms with Crippen LogP contribution in [0, 0.1) is 0 Å². The van der Waals surface area contributed by atoms with Crippen LogP contribution in [0.5, 0.6) is 0 Å². The average molecular weight is 268 g/mol. The Hall–Kier alpha value is -0.910. The lowest BCUT2D eigenvalue weighted by Crippen LogP contribution is -2.51. The molecule has 1 aliphatic heterocycles. The SMILES string of the molecule is CC1CN(C(C)C(=O)NCc2cccs2)CCO1. The second-order valence-corrected chi connectivity index (χ2v) is 5.68. The Morgan fingerprint density at radius 2 is 2.56 bits per heavy atom. The van der Waals surface area contributed by atoms with Gasteiger partial charge in [-0.2, -0.15) is 0 Å². The molecule has 1 N–H and O–H groups in total. The van der Waals surface area contributed by atoms with Gasteiger partial charge in [0.1, 0.15) is 0 Å². The maximum atomic E-state index is 12.1. The fourth-order valence-electron chi connectivity index (χ4n) is 2.10. The highest BCUT2D eigenvalue weighted by molar-refractivity contribution is 7.09. The Kier molecular flexibility index (Phi) is 4.74. The van der Waals surface area contributed by atoms with E-state index in [0.29, 0.717) is 13.2 Å². The number of hydrogen-bond acceptors (Lipinski definition) is 4. The summed E-state index contributed by atoms with van der Waals surface area (Å²) >= 11 is 1.66. The van der Waals surface area contributed by atoms with E-state index in [9.17, 15) is 4.79 Å². The minimum atomic E-state index is -0.0867. The quantitative estimate of drug-likeness (QED) is 0.899. The van der Waals surface area contributed by atoms with Gasteiger partial charge in [-0.25, -0.2) is 0 Å². The molecule has 2 rings (SSSR count). The van der Waals surface area contributed by atoms with Crippen LogP contribution >= 0.6 is 11.3 Å². The predicted octanol–water partition coefficient (Wildman–Crippen LogP) is 1.47. The normalized spacial score (nSPS) is 22.7. The highest BCUT2D eigenvalue weighted by Crippen LogP contribution is 2.10. The minimum Gasteiger partial charge on any atom is -0.376 e. The van der Waals surface area contributed by atoms with E-state index in [1.165, 1.54) is 4.88 Å². The second kappa shape index (κ2) is 6.31. The van der Waals surface area contributed by atoms with Crippen LogP contribution in [0.25, 0.3) is 0 Å². The van der Waals surface area contributed by atoms with Crippen LogP contribution in [0.1, 0.15) is 18.7 Å². The van der Waals surface area contributed by atoms with Gasteiger partial charge in [0.05, 0.1) is 25.3 Å². The Morgan fingerprint density at radius 1 is 1.72 bits per heavy atom. The largest absolute Gasteiger partial charge is 0.376 e. The first-order valence-electron chi connectivity index (χ1n) is 6.32. The third-order valence-electron chi connectivity index (χ3n) is 3.22. The average Bonchev–Trinajstić information content (AvgIpc) is 2.88. The molecule has 1 aliphatic rings. The third kappa shape index (κ3) is 3.54. The van der Waals surface area contributed by atoms with E-state index in [4.69, 9.17) is 4.74 Å². The van der Waals surface area contributed by atoms with Crippen LogP contribution in [0.3, 0.4) is 0 Å². The van der Waals surface area contributed by atoms with E-state index < -0.39 is 0 Å². The lowest BCUT2D eigenvalue weighted by Gasteiger charge is -2.34. The van der Waals surface area contributed by atoms with E-state index in [2.05, 4.69) is 10.2 Å². The standard InChI is InChI=1S/C13H20N2O2S/c1-10-9-15(5-6-17-10)11(2)13(16)14-8-12-4-3-7-18-12/h3-4,7,10-11H,5-6,8-9H2,1-2H3,(H,14,16). The molecule has 2 heterocycles. The van der Waals surface area contributed by atoms with Crippen molar-refractivity contribution in [2.45, 2.75) is 32.5 Å². The fourth-order valence-corrected chi connectivity index (χ4v) is 2.74. The molecule has 1 aromatic heterocycles. The highest BCUT2D eigenvalue weighted by Gasteiger charge is 2.25. The maximum Gasteiger partial charge on any atom is 0.237 e. The van der Waals surface area contributed by atoms with Gasteiger partial charge in [0.25, 0.3) is 0 Å². The summed E-state index contributed by atoms with van der Waals surface area (Å²) in [6.45, 7) is 7.00. The zero-order valence-corrected chi connectivity index (χ0v) is 11.7. The summed E-state index contributed by atoms with van der Waals surface area (Å²) in [6.07, 6.45) is 0.214. The number of carbonyl (C=O) groups is 1. The van der Waals surface area contributed by atoms with Crippen LogP contribution in [-0.2, 0) is 16.1 Å². The topological polar surface area (TPSA) is 41.6 Å². The van der Waals surface area contributed by atoms with Crippen molar-refractivity contribution < 1.29 is 9.53 Å². The van der Waals surface area contributed by atoms with Gasteiger partial charge in [0.15, 0.2) is 0 Å². The van der Waals surface area contributed by atoms with Crippen molar-refractivity contribution in [3.05, 3.63) is 22.4 Å². The first-order valence-corrected chi connectivity index (χ1v) is 7.20. The molecule has 18 heavy (non-hydrogen) atoms. The zero-order chi connectivity index (χ0) is 13.0. The van der Waals surface area contributed by atoms with Crippen molar-refractivity contribution in [1.29, 1.82) is 0 Å². The van der Waals surface area contributed by atoms with Gasteiger partial charge in [-0.1, -0.05) is 6.07 Å². The molecule has 0 aromatic carbocycles. The lowest BCUT2D eigenvalue weighted by molar-refractivity contribution is -0.128. The number of nitrogens with one attached hydrogen (secondary N) is 1. The van der Waals surface area contributed by atoms with Crippen LogP contribution in [0.15, 0.2) is 17.5 Å². The van der Waals surface area contributed by atoms with Gasteiger partial charge < -0.3 is 10.1 Å². The number of hydrogen-bond donors (Lipinski definition) is 1. The summed E-state index contributed by atoms with van der Waals surface area (Å²) in [4.78, 5) is 15.4. The summed E-state index contributed by atoms with van der Waals surface area (Å²) in [5, 5.41) is 5.01. The van der Waals surface area contributed by atoms with Crippen LogP contribution in [0.4, 0.5) is 0 Å². The number of morpholine rings is 1. The monoisotopic (exact) mass is 268 g/mol. The Bertz CT molecular complexity index is 380. The van der Waals surface area contributed by atoms with Gasteiger partial charge in [-0.05, 0) is 25.3 Å². The highest BCUT2D eigenvalue weighted by atomic mass is 32.1. The zero-order valence-electron chi connectivity index (χ0n) is 10.9. The van der Waals surface area contributed by atoms with Crippen molar-refractivity contribution in [2.75, 3.05) is 19.7 Å². The smallest absolute Gasteiger partial charge is 0.237 e. The van der Waals surface area contributed by atoms with E-state index >= 15 is 0 Å². The molecule has 0 spiro atoms. The number of thiophene rings is 1. The Balaban J connectivity index is 1.80. The number of nitrogens with zero attached hydrogens (tertiary/aromatic N) is 1. The third-order valence-corrected chi connectivity index (χ3v) is 4.09. The molecule has 0 radical (unpaired) electrons. The Labute approximate surface area is 112 Å². The summed E-state index contributed by atoms with van der Waals surface area (Å²) in [5.74, 6) is 0.0949. The summed E-state index contributed by atoms with van der Waals surface area (Å²) in [7, 11) is 0. The number of carbonyl (C=O) groups excluding carboxylic acids is 1. The van der Waals surface area contributed by atoms with E-state index in [0.717, 1.165) is 13.1 Å². The van der Waals surface area contributed by atoms with E-state index in [1.807, 2.05) is 31.4 Å². The molecule has 1 saturated heterocycles. The van der Waals surface area contributed by atoms with Crippen molar-refractivity contribution in [3.8, 4) is 0 Å². The molecule has 2 atom stereocenters. The first kappa shape index (κ1) is 13.5.